The number of amides is 1. The molecule has 0 spiro atoms. The highest BCUT2D eigenvalue weighted by Gasteiger charge is 2.31. The minimum atomic E-state index is -4.86. The van der Waals surface area contributed by atoms with Crippen molar-refractivity contribution in [1.29, 1.82) is 0 Å². The molecular formula is C18H18ClF3N2O4S. The highest BCUT2D eigenvalue weighted by Crippen LogP contribution is 2.23. The van der Waals surface area contributed by atoms with Gasteiger partial charge < -0.3 is 10.1 Å². The van der Waals surface area contributed by atoms with Crippen molar-refractivity contribution >= 4 is 27.5 Å². The Morgan fingerprint density at radius 3 is 2.38 bits per heavy atom. The Labute approximate surface area is 171 Å². The van der Waals surface area contributed by atoms with Crippen LogP contribution in [0, 0.1) is 0 Å². The number of halogens is 4. The van der Waals surface area contributed by atoms with Crippen LogP contribution in [0.1, 0.15) is 12.0 Å². The molecule has 0 unspecified atom stereocenters. The Bertz CT molecular complexity index is 935. The molecule has 0 aromatic heterocycles. The van der Waals surface area contributed by atoms with Gasteiger partial charge in [0, 0.05) is 24.5 Å². The van der Waals surface area contributed by atoms with E-state index in [4.69, 9.17) is 11.6 Å². The number of benzene rings is 2. The number of carbonyl (C=O) groups excluding carboxylic acids is 1. The maximum atomic E-state index is 12.1. The summed E-state index contributed by atoms with van der Waals surface area (Å²) in [6.45, 7) is 0.207. The number of ether oxygens (including phenoxy) is 1. The van der Waals surface area contributed by atoms with Crippen LogP contribution in [0.15, 0.2) is 53.4 Å². The number of hydrogen-bond donors (Lipinski definition) is 2. The second-order valence-electron chi connectivity index (χ2n) is 5.90. The number of hydrogen-bond acceptors (Lipinski definition) is 4. The molecule has 0 radical (unpaired) electrons. The first-order valence-corrected chi connectivity index (χ1v) is 10.3. The van der Waals surface area contributed by atoms with Crippen LogP contribution in [0.2, 0.25) is 5.02 Å². The average Bonchev–Trinajstić information content (AvgIpc) is 2.61. The lowest BCUT2D eigenvalue weighted by Crippen LogP contribution is -2.31. The van der Waals surface area contributed by atoms with E-state index in [1.54, 1.807) is 18.2 Å². The normalized spacial score (nSPS) is 11.9. The summed E-state index contributed by atoms with van der Waals surface area (Å²) in [6.07, 6.45) is -4.38. The van der Waals surface area contributed by atoms with Crippen LogP contribution in [-0.4, -0.2) is 33.8 Å². The third-order valence-electron chi connectivity index (χ3n) is 3.64. The van der Waals surface area contributed by atoms with Gasteiger partial charge in [-0.3, -0.25) is 4.79 Å². The summed E-state index contributed by atoms with van der Waals surface area (Å²) in [5.74, 6) is -0.876. The molecule has 2 aromatic rings. The summed E-state index contributed by atoms with van der Waals surface area (Å²) in [4.78, 5) is 11.6. The van der Waals surface area contributed by atoms with E-state index in [1.807, 2.05) is 6.07 Å². The lowest BCUT2D eigenvalue weighted by Gasteiger charge is -2.10. The van der Waals surface area contributed by atoms with E-state index in [0.29, 0.717) is 18.0 Å². The molecule has 2 N–H and O–H groups in total. The van der Waals surface area contributed by atoms with Gasteiger partial charge in [0.25, 0.3) is 0 Å². The summed E-state index contributed by atoms with van der Waals surface area (Å²) >= 11 is 5.88. The van der Waals surface area contributed by atoms with Crippen LogP contribution < -0.4 is 14.8 Å². The molecule has 0 aliphatic rings. The standard InChI is InChI=1S/C18H18ClF3N2O4S/c19-14-3-1-2-13(12-14)8-10-23-17(25)9-11-24-29(26,27)16-6-4-15(5-7-16)28-18(20,21)22/h1-7,12,24H,8-11H2,(H,23,25). The van der Waals surface area contributed by atoms with E-state index >= 15 is 0 Å². The van der Waals surface area contributed by atoms with Gasteiger partial charge in [-0.1, -0.05) is 23.7 Å². The van der Waals surface area contributed by atoms with Gasteiger partial charge in [-0.05, 0) is 48.4 Å². The van der Waals surface area contributed by atoms with Crippen molar-refractivity contribution < 1.29 is 31.1 Å². The Balaban J connectivity index is 1.76. The van der Waals surface area contributed by atoms with Gasteiger partial charge in [-0.2, -0.15) is 0 Å². The first-order chi connectivity index (χ1) is 13.5. The van der Waals surface area contributed by atoms with Gasteiger partial charge in [0.05, 0.1) is 4.90 Å². The molecule has 1 amide bonds. The summed E-state index contributed by atoms with van der Waals surface area (Å²) in [6, 6.07) is 10.9. The van der Waals surface area contributed by atoms with Crippen LogP contribution >= 0.6 is 11.6 Å². The smallest absolute Gasteiger partial charge is 0.406 e. The molecule has 158 valence electrons. The lowest BCUT2D eigenvalue weighted by atomic mass is 10.1. The largest absolute Gasteiger partial charge is 0.573 e. The predicted molar refractivity (Wildman–Crippen MR) is 101 cm³/mol. The zero-order chi connectivity index (χ0) is 21.5. The van der Waals surface area contributed by atoms with Gasteiger partial charge in [-0.15, -0.1) is 13.2 Å². The molecule has 0 aliphatic carbocycles. The summed E-state index contributed by atoms with van der Waals surface area (Å²) in [5.41, 5.74) is 0.955. The second kappa shape index (κ2) is 9.95. The molecular weight excluding hydrogens is 433 g/mol. The lowest BCUT2D eigenvalue weighted by molar-refractivity contribution is -0.274. The molecule has 0 heterocycles. The fourth-order valence-electron chi connectivity index (χ4n) is 2.33. The molecule has 2 aromatic carbocycles. The van der Waals surface area contributed by atoms with Gasteiger partial charge in [0.1, 0.15) is 5.75 Å². The molecule has 6 nitrogen and oxygen atoms in total. The molecule has 11 heteroatoms. The van der Waals surface area contributed by atoms with Crippen molar-refractivity contribution in [3.05, 3.63) is 59.1 Å². The van der Waals surface area contributed by atoms with E-state index < -0.39 is 22.1 Å². The zero-order valence-electron chi connectivity index (χ0n) is 15.0. The first-order valence-electron chi connectivity index (χ1n) is 8.42. The van der Waals surface area contributed by atoms with Gasteiger partial charge >= 0.3 is 6.36 Å². The Kier molecular flexibility index (Phi) is 7.88. The molecule has 29 heavy (non-hydrogen) atoms. The van der Waals surface area contributed by atoms with E-state index in [0.717, 1.165) is 29.8 Å². The van der Waals surface area contributed by atoms with Crippen LogP contribution in [-0.2, 0) is 21.2 Å². The summed E-state index contributed by atoms with van der Waals surface area (Å²) in [7, 11) is -3.97. The highest BCUT2D eigenvalue weighted by molar-refractivity contribution is 7.89. The molecule has 0 aliphatic heterocycles. The van der Waals surface area contributed by atoms with E-state index in [1.165, 1.54) is 0 Å². The molecule has 0 saturated heterocycles. The highest BCUT2D eigenvalue weighted by atomic mass is 35.5. The Morgan fingerprint density at radius 2 is 1.76 bits per heavy atom. The number of rotatable bonds is 9. The summed E-state index contributed by atoms with van der Waals surface area (Å²) in [5, 5.41) is 3.26. The van der Waals surface area contributed by atoms with Crippen LogP contribution in [0.25, 0.3) is 0 Å². The SMILES string of the molecule is O=C(CCNS(=O)(=O)c1ccc(OC(F)(F)F)cc1)NCCc1cccc(Cl)c1. The molecule has 0 saturated carbocycles. The first kappa shape index (κ1) is 23.0. The monoisotopic (exact) mass is 450 g/mol. The molecule has 0 atom stereocenters. The fourth-order valence-corrected chi connectivity index (χ4v) is 3.57. The van der Waals surface area contributed by atoms with Crippen LogP contribution in [0.3, 0.4) is 0 Å². The number of nitrogens with one attached hydrogen (secondary N) is 2. The van der Waals surface area contributed by atoms with Crippen molar-refractivity contribution in [1.82, 2.24) is 10.0 Å². The Morgan fingerprint density at radius 1 is 1.07 bits per heavy atom. The minimum absolute atomic E-state index is 0.0932. The van der Waals surface area contributed by atoms with Gasteiger partial charge in [0.2, 0.25) is 15.9 Å². The predicted octanol–water partition coefficient (Wildman–Crippen LogP) is 3.27. The van der Waals surface area contributed by atoms with Crippen molar-refractivity contribution in [2.24, 2.45) is 0 Å². The van der Waals surface area contributed by atoms with Crippen LogP contribution in [0.5, 0.6) is 5.75 Å². The molecule has 2 rings (SSSR count). The number of alkyl halides is 3. The van der Waals surface area contributed by atoms with Crippen LogP contribution in [0.4, 0.5) is 13.2 Å². The third kappa shape index (κ3) is 8.30. The van der Waals surface area contributed by atoms with Crippen molar-refractivity contribution in [3.63, 3.8) is 0 Å². The molecule has 0 bridgehead atoms. The van der Waals surface area contributed by atoms with E-state index in [-0.39, 0.29) is 23.8 Å². The van der Waals surface area contributed by atoms with Crippen molar-refractivity contribution in [2.75, 3.05) is 13.1 Å². The quantitative estimate of drug-likeness (QED) is 0.614. The maximum Gasteiger partial charge on any atom is 0.573 e. The maximum absolute atomic E-state index is 12.1. The fraction of sp³-hybridized carbons (Fsp3) is 0.278. The average molecular weight is 451 g/mol. The second-order valence-corrected chi connectivity index (χ2v) is 8.10. The van der Waals surface area contributed by atoms with Crippen molar-refractivity contribution in [2.45, 2.75) is 24.1 Å². The minimum Gasteiger partial charge on any atom is -0.406 e. The number of sulfonamides is 1. The molecule has 0 fully saturated rings. The topological polar surface area (TPSA) is 84.5 Å². The Hall–Kier alpha value is -2.30. The van der Waals surface area contributed by atoms with Crippen molar-refractivity contribution in [3.8, 4) is 5.75 Å². The number of carbonyl (C=O) groups is 1. The van der Waals surface area contributed by atoms with Gasteiger partial charge in [-0.25, -0.2) is 13.1 Å². The zero-order valence-corrected chi connectivity index (χ0v) is 16.6. The third-order valence-corrected chi connectivity index (χ3v) is 5.35. The van der Waals surface area contributed by atoms with Gasteiger partial charge in [0.15, 0.2) is 0 Å². The van der Waals surface area contributed by atoms with E-state index in [9.17, 15) is 26.4 Å². The summed E-state index contributed by atoms with van der Waals surface area (Å²) < 4.78 is 66.5. The van der Waals surface area contributed by atoms with E-state index in [2.05, 4.69) is 14.8 Å².